The predicted octanol–water partition coefficient (Wildman–Crippen LogP) is 3.87. The summed E-state index contributed by atoms with van der Waals surface area (Å²) < 4.78 is 36.0. The van der Waals surface area contributed by atoms with Gasteiger partial charge in [0.2, 0.25) is 0 Å². The minimum atomic E-state index is -4.24. The average Bonchev–Trinajstić information content (AvgIpc) is 2.19. The molecule has 6 heteroatoms. The minimum Gasteiger partial charge on any atom is -0.288 e. The molecular weight excluding hydrogens is 255 g/mol. The van der Waals surface area contributed by atoms with Crippen LogP contribution < -0.4 is 0 Å². The maximum atomic E-state index is 12.0. The van der Waals surface area contributed by atoms with E-state index in [1.807, 2.05) is 0 Å². The number of hydrogen-bond donors (Lipinski definition) is 0. The van der Waals surface area contributed by atoms with Crippen LogP contribution in [0.25, 0.3) is 0 Å². The summed E-state index contributed by atoms with van der Waals surface area (Å²) in [5, 5.41) is 1.38. The van der Waals surface area contributed by atoms with E-state index in [-0.39, 0.29) is 16.7 Å². The van der Waals surface area contributed by atoms with E-state index in [0.717, 1.165) is 5.56 Å². The van der Waals surface area contributed by atoms with Crippen LogP contribution in [0.3, 0.4) is 0 Å². The molecule has 0 unspecified atom stereocenters. The molecule has 0 heterocycles. The summed E-state index contributed by atoms with van der Waals surface area (Å²) in [7, 11) is 0. The van der Waals surface area contributed by atoms with Crippen LogP contribution in [0.15, 0.2) is 34.2 Å². The number of rotatable bonds is 4. The van der Waals surface area contributed by atoms with E-state index < -0.39 is 5.51 Å². The highest BCUT2D eigenvalue weighted by molar-refractivity contribution is 8.00. The van der Waals surface area contributed by atoms with Crippen LogP contribution in [-0.2, 0) is 6.54 Å². The quantitative estimate of drug-likeness (QED) is 0.464. The lowest BCUT2D eigenvalue weighted by Gasteiger charge is -2.05. The van der Waals surface area contributed by atoms with Gasteiger partial charge in [-0.05, 0) is 29.5 Å². The number of thioether (sulfide) groups is 1. The van der Waals surface area contributed by atoms with Crippen LogP contribution in [0.4, 0.5) is 13.2 Å². The normalized spacial score (nSPS) is 11.9. The van der Waals surface area contributed by atoms with Crippen LogP contribution in [0.1, 0.15) is 5.56 Å². The third kappa shape index (κ3) is 5.27. The Morgan fingerprint density at radius 2 is 1.88 bits per heavy atom. The van der Waals surface area contributed by atoms with E-state index in [2.05, 4.69) is 17.2 Å². The van der Waals surface area contributed by atoms with Gasteiger partial charge in [-0.1, -0.05) is 24.4 Å². The van der Waals surface area contributed by atoms with Gasteiger partial charge >= 0.3 is 5.51 Å². The van der Waals surface area contributed by atoms with E-state index in [4.69, 9.17) is 0 Å². The molecule has 0 aromatic heterocycles. The molecule has 0 N–H and O–H groups in total. The molecule has 86 valence electrons. The van der Waals surface area contributed by atoms with Crippen LogP contribution in [0.5, 0.6) is 0 Å². The van der Waals surface area contributed by atoms with Gasteiger partial charge in [-0.15, -0.1) is 0 Å². The van der Waals surface area contributed by atoms with Crippen molar-refractivity contribution < 1.29 is 13.2 Å². The SMILES string of the molecule is FC(F)(F)Sc1ccc(CN=CC=S)cc1. The fourth-order valence-corrected chi connectivity index (χ4v) is 1.62. The fraction of sp³-hybridized carbons (Fsp3) is 0.200. The molecule has 0 spiro atoms. The molecule has 0 amide bonds. The minimum absolute atomic E-state index is 0.123. The first-order valence-electron chi connectivity index (χ1n) is 4.29. The fourth-order valence-electron chi connectivity index (χ4n) is 0.998. The zero-order valence-corrected chi connectivity index (χ0v) is 9.70. The molecule has 16 heavy (non-hydrogen) atoms. The van der Waals surface area contributed by atoms with Gasteiger partial charge in [0.05, 0.1) is 6.54 Å². The van der Waals surface area contributed by atoms with Gasteiger partial charge in [-0.2, -0.15) is 13.2 Å². The summed E-state index contributed by atoms with van der Waals surface area (Å²) >= 11 is 4.42. The number of hydrogen-bond acceptors (Lipinski definition) is 3. The summed E-state index contributed by atoms with van der Waals surface area (Å²) in [5.74, 6) is 0. The summed E-state index contributed by atoms with van der Waals surface area (Å²) in [5.41, 5.74) is -3.39. The first-order chi connectivity index (χ1) is 7.51. The van der Waals surface area contributed by atoms with Crippen LogP contribution in [0, 0.1) is 0 Å². The molecule has 0 bridgehead atoms. The standard InChI is InChI=1S/C10H8F3NS2/c11-10(12,13)16-9-3-1-8(2-4-9)7-14-5-6-15/h1-6H,7H2. The Morgan fingerprint density at radius 1 is 1.25 bits per heavy atom. The highest BCUT2D eigenvalue weighted by Gasteiger charge is 2.28. The third-order valence-electron chi connectivity index (χ3n) is 1.60. The molecule has 1 aromatic rings. The first-order valence-corrected chi connectivity index (χ1v) is 5.58. The molecule has 1 rings (SSSR count). The lowest BCUT2D eigenvalue weighted by Crippen LogP contribution is -1.98. The Bertz CT molecular complexity index is 371. The maximum absolute atomic E-state index is 12.0. The number of benzene rings is 1. The second-order valence-corrected chi connectivity index (χ2v) is 4.23. The monoisotopic (exact) mass is 263 g/mol. The summed E-state index contributed by atoms with van der Waals surface area (Å²) in [6, 6.07) is 6.10. The van der Waals surface area contributed by atoms with E-state index in [1.54, 1.807) is 12.1 Å². The highest BCUT2D eigenvalue weighted by atomic mass is 32.2. The Balaban J connectivity index is 2.61. The number of alkyl halides is 3. The lowest BCUT2D eigenvalue weighted by molar-refractivity contribution is -0.0328. The van der Waals surface area contributed by atoms with Crippen LogP contribution in [0.2, 0.25) is 0 Å². The summed E-state index contributed by atoms with van der Waals surface area (Å²) in [6.07, 6.45) is 1.48. The van der Waals surface area contributed by atoms with E-state index in [0.29, 0.717) is 6.54 Å². The Hall–Kier alpha value is -0.880. The van der Waals surface area contributed by atoms with E-state index in [1.165, 1.54) is 23.7 Å². The van der Waals surface area contributed by atoms with Crippen molar-refractivity contribution in [3.8, 4) is 0 Å². The summed E-state index contributed by atoms with van der Waals surface area (Å²) in [4.78, 5) is 4.13. The van der Waals surface area contributed by atoms with Gasteiger partial charge in [0, 0.05) is 16.5 Å². The van der Waals surface area contributed by atoms with Crippen LogP contribution in [-0.4, -0.2) is 17.1 Å². The number of nitrogens with zero attached hydrogens (tertiary/aromatic N) is 1. The molecule has 0 fully saturated rings. The largest absolute Gasteiger partial charge is 0.446 e. The Labute approximate surface area is 101 Å². The molecular formula is C10H8F3NS2. The van der Waals surface area contributed by atoms with Gasteiger partial charge in [-0.3, -0.25) is 4.99 Å². The maximum Gasteiger partial charge on any atom is 0.446 e. The van der Waals surface area contributed by atoms with Crippen molar-refractivity contribution in [1.29, 1.82) is 0 Å². The molecule has 0 saturated heterocycles. The van der Waals surface area contributed by atoms with Gasteiger partial charge in [0.1, 0.15) is 0 Å². The second kappa shape index (κ2) is 6.00. The molecule has 0 radical (unpaired) electrons. The third-order valence-corrected chi connectivity index (χ3v) is 2.46. The number of halogens is 3. The average molecular weight is 263 g/mol. The zero-order chi connectivity index (χ0) is 12.0. The lowest BCUT2D eigenvalue weighted by atomic mass is 10.2. The molecule has 0 aliphatic heterocycles. The van der Waals surface area contributed by atoms with Crippen LogP contribution >= 0.6 is 24.0 Å². The molecule has 0 aliphatic rings. The van der Waals surface area contributed by atoms with E-state index in [9.17, 15) is 13.2 Å². The van der Waals surface area contributed by atoms with Crippen molar-refractivity contribution in [1.82, 2.24) is 0 Å². The topological polar surface area (TPSA) is 12.4 Å². The Kier molecular flexibility index (Phi) is 4.95. The van der Waals surface area contributed by atoms with Gasteiger partial charge in [-0.25, -0.2) is 0 Å². The number of aliphatic imine (C=N–C) groups is 1. The van der Waals surface area contributed by atoms with Crippen molar-refractivity contribution in [3.63, 3.8) is 0 Å². The number of thiocarbonyl (C=S) groups is 1. The molecule has 0 atom stereocenters. The van der Waals surface area contributed by atoms with Crippen molar-refractivity contribution >= 4 is 35.6 Å². The highest BCUT2D eigenvalue weighted by Crippen LogP contribution is 2.36. The van der Waals surface area contributed by atoms with Crippen molar-refractivity contribution in [3.05, 3.63) is 29.8 Å². The molecule has 0 aliphatic carbocycles. The van der Waals surface area contributed by atoms with Gasteiger partial charge in [0.15, 0.2) is 0 Å². The first kappa shape index (κ1) is 13.2. The van der Waals surface area contributed by atoms with Gasteiger partial charge < -0.3 is 0 Å². The van der Waals surface area contributed by atoms with Gasteiger partial charge in [0.25, 0.3) is 0 Å². The second-order valence-electron chi connectivity index (χ2n) is 2.82. The summed E-state index contributed by atoms with van der Waals surface area (Å²) in [6.45, 7) is 0.421. The predicted molar refractivity (Wildman–Crippen MR) is 64.2 cm³/mol. The molecule has 0 saturated carbocycles. The Morgan fingerprint density at radius 3 is 2.38 bits per heavy atom. The smallest absolute Gasteiger partial charge is 0.288 e. The molecule has 1 aromatic carbocycles. The van der Waals surface area contributed by atoms with Crippen molar-refractivity contribution in [2.45, 2.75) is 16.9 Å². The van der Waals surface area contributed by atoms with Crippen molar-refractivity contribution in [2.75, 3.05) is 0 Å². The molecule has 1 nitrogen and oxygen atoms in total. The zero-order valence-electron chi connectivity index (χ0n) is 8.07. The van der Waals surface area contributed by atoms with Crippen molar-refractivity contribution in [2.24, 2.45) is 4.99 Å². The van der Waals surface area contributed by atoms with E-state index >= 15 is 0 Å².